The van der Waals surface area contributed by atoms with Crippen LogP contribution in [0.3, 0.4) is 0 Å². The van der Waals surface area contributed by atoms with Gasteiger partial charge in [-0.1, -0.05) is 13.8 Å². The van der Waals surface area contributed by atoms with E-state index in [0.717, 1.165) is 12.8 Å². The maximum Gasteiger partial charge on any atom is 0.0612 e. The van der Waals surface area contributed by atoms with Crippen molar-refractivity contribution < 1.29 is 10.2 Å². The van der Waals surface area contributed by atoms with Gasteiger partial charge >= 0.3 is 0 Å². The predicted octanol–water partition coefficient (Wildman–Crippen LogP) is 0.493. The van der Waals surface area contributed by atoms with Gasteiger partial charge in [0.2, 0.25) is 0 Å². The van der Waals surface area contributed by atoms with E-state index in [1.807, 2.05) is 0 Å². The summed E-state index contributed by atoms with van der Waals surface area (Å²) >= 11 is 0. The van der Waals surface area contributed by atoms with Gasteiger partial charge in [0.1, 0.15) is 0 Å². The van der Waals surface area contributed by atoms with Crippen molar-refractivity contribution in [1.82, 2.24) is 0 Å². The van der Waals surface area contributed by atoms with Crippen LogP contribution in [0.15, 0.2) is 0 Å². The first-order chi connectivity index (χ1) is 5.98. The van der Waals surface area contributed by atoms with E-state index in [0.29, 0.717) is 18.3 Å². The van der Waals surface area contributed by atoms with Crippen LogP contribution < -0.4 is 5.73 Å². The maximum atomic E-state index is 9.81. The van der Waals surface area contributed by atoms with E-state index in [1.165, 1.54) is 0 Å². The first-order valence-corrected chi connectivity index (χ1v) is 5.06. The Bertz CT molecular complexity index is 172. The van der Waals surface area contributed by atoms with Gasteiger partial charge in [-0.25, -0.2) is 0 Å². The summed E-state index contributed by atoms with van der Waals surface area (Å²) < 4.78 is 0. The molecule has 3 nitrogen and oxygen atoms in total. The van der Waals surface area contributed by atoms with Gasteiger partial charge in [0.05, 0.1) is 12.7 Å². The van der Waals surface area contributed by atoms with Crippen LogP contribution in [-0.2, 0) is 0 Å². The first kappa shape index (κ1) is 11.0. The number of aliphatic hydroxyl groups is 2. The molecular formula is C10H21NO2. The van der Waals surface area contributed by atoms with Gasteiger partial charge in [-0.15, -0.1) is 0 Å². The second-order valence-corrected chi connectivity index (χ2v) is 4.74. The fourth-order valence-corrected chi connectivity index (χ4v) is 2.24. The lowest BCUT2D eigenvalue weighted by molar-refractivity contribution is -0.00259. The number of nitrogens with two attached hydrogens (primary N) is 1. The highest BCUT2D eigenvalue weighted by Gasteiger charge is 2.37. The van der Waals surface area contributed by atoms with E-state index >= 15 is 0 Å². The van der Waals surface area contributed by atoms with Crippen molar-refractivity contribution in [3.8, 4) is 0 Å². The largest absolute Gasteiger partial charge is 0.394 e. The minimum atomic E-state index is -0.537. The van der Waals surface area contributed by atoms with Crippen LogP contribution in [0.25, 0.3) is 0 Å². The highest BCUT2D eigenvalue weighted by Crippen LogP contribution is 2.34. The quantitative estimate of drug-likeness (QED) is 0.589. The second-order valence-electron chi connectivity index (χ2n) is 4.74. The molecule has 3 unspecified atom stereocenters. The summed E-state index contributed by atoms with van der Waals surface area (Å²) in [5.74, 6) is 0.849. The van der Waals surface area contributed by atoms with Crippen LogP contribution >= 0.6 is 0 Å². The summed E-state index contributed by atoms with van der Waals surface area (Å²) in [5.41, 5.74) is 5.36. The van der Waals surface area contributed by atoms with Gasteiger partial charge in [0, 0.05) is 5.54 Å². The summed E-state index contributed by atoms with van der Waals surface area (Å²) in [6, 6.07) is 0. The third-order valence-corrected chi connectivity index (χ3v) is 3.26. The molecule has 0 saturated heterocycles. The Hall–Kier alpha value is -0.120. The molecular weight excluding hydrogens is 166 g/mol. The van der Waals surface area contributed by atoms with Crippen molar-refractivity contribution in [2.45, 2.75) is 44.8 Å². The predicted molar refractivity (Wildman–Crippen MR) is 52.2 cm³/mol. The summed E-state index contributed by atoms with van der Waals surface area (Å²) in [6.45, 7) is 4.22. The molecule has 3 atom stereocenters. The van der Waals surface area contributed by atoms with Crippen molar-refractivity contribution >= 4 is 0 Å². The van der Waals surface area contributed by atoms with Crippen LogP contribution in [0.4, 0.5) is 0 Å². The Kier molecular flexibility index (Phi) is 3.33. The normalized spacial score (nSPS) is 41.1. The Labute approximate surface area is 79.9 Å². The minimum absolute atomic E-state index is 0.0190. The molecule has 0 aromatic heterocycles. The van der Waals surface area contributed by atoms with Gasteiger partial charge in [-0.05, 0) is 31.1 Å². The molecule has 1 rings (SSSR count). The van der Waals surface area contributed by atoms with Crippen LogP contribution in [0, 0.1) is 11.8 Å². The molecule has 0 spiro atoms. The fraction of sp³-hybridized carbons (Fsp3) is 1.00. The summed E-state index contributed by atoms with van der Waals surface area (Å²) in [6.07, 6.45) is 1.94. The Morgan fingerprint density at radius 1 is 1.54 bits per heavy atom. The SMILES string of the molecule is CC(C)C1CCC(N)(CO)CC1O. The molecule has 0 aromatic rings. The smallest absolute Gasteiger partial charge is 0.0612 e. The molecule has 0 amide bonds. The average molecular weight is 187 g/mol. The maximum absolute atomic E-state index is 9.81. The molecule has 0 radical (unpaired) electrons. The lowest BCUT2D eigenvalue weighted by atomic mass is 9.72. The topological polar surface area (TPSA) is 66.5 Å². The number of aliphatic hydroxyl groups excluding tert-OH is 2. The molecule has 0 heterocycles. The summed E-state index contributed by atoms with van der Waals surface area (Å²) in [4.78, 5) is 0. The Balaban J connectivity index is 2.56. The van der Waals surface area contributed by atoms with Crippen LogP contribution in [-0.4, -0.2) is 28.5 Å². The van der Waals surface area contributed by atoms with Crippen LogP contribution in [0.5, 0.6) is 0 Å². The lowest BCUT2D eigenvalue weighted by Gasteiger charge is -2.40. The number of hydrogen-bond acceptors (Lipinski definition) is 3. The Morgan fingerprint density at radius 3 is 2.54 bits per heavy atom. The van der Waals surface area contributed by atoms with E-state index in [4.69, 9.17) is 10.8 Å². The molecule has 4 N–H and O–H groups in total. The fourth-order valence-electron chi connectivity index (χ4n) is 2.24. The van der Waals surface area contributed by atoms with Gasteiger partial charge in [0.25, 0.3) is 0 Å². The van der Waals surface area contributed by atoms with E-state index in [2.05, 4.69) is 13.8 Å². The first-order valence-electron chi connectivity index (χ1n) is 5.06. The van der Waals surface area contributed by atoms with Crippen molar-refractivity contribution in [2.24, 2.45) is 17.6 Å². The van der Waals surface area contributed by atoms with E-state index < -0.39 is 5.54 Å². The zero-order chi connectivity index (χ0) is 10.1. The van der Waals surface area contributed by atoms with Gasteiger partial charge < -0.3 is 15.9 Å². The zero-order valence-corrected chi connectivity index (χ0v) is 8.53. The number of rotatable bonds is 2. The van der Waals surface area contributed by atoms with Gasteiger partial charge in [-0.3, -0.25) is 0 Å². The second kappa shape index (κ2) is 3.95. The lowest BCUT2D eigenvalue weighted by Crippen LogP contribution is -2.52. The molecule has 0 aliphatic heterocycles. The van der Waals surface area contributed by atoms with Crippen molar-refractivity contribution in [1.29, 1.82) is 0 Å². The van der Waals surface area contributed by atoms with Gasteiger partial charge in [-0.2, -0.15) is 0 Å². The van der Waals surface area contributed by atoms with Crippen molar-refractivity contribution in [3.63, 3.8) is 0 Å². The Morgan fingerprint density at radius 2 is 2.15 bits per heavy atom. The highest BCUT2D eigenvalue weighted by molar-refractivity contribution is 4.94. The summed E-state index contributed by atoms with van der Waals surface area (Å²) in [7, 11) is 0. The van der Waals surface area contributed by atoms with Crippen LogP contribution in [0.1, 0.15) is 33.1 Å². The minimum Gasteiger partial charge on any atom is -0.394 e. The highest BCUT2D eigenvalue weighted by atomic mass is 16.3. The standard InChI is InChI=1S/C10H21NO2/c1-7(2)8-3-4-10(11,6-12)5-9(8)13/h7-9,12-13H,3-6,11H2,1-2H3. The molecule has 3 heteroatoms. The summed E-state index contributed by atoms with van der Waals surface area (Å²) in [5, 5.41) is 18.9. The van der Waals surface area contributed by atoms with E-state index in [-0.39, 0.29) is 12.7 Å². The molecule has 1 aliphatic carbocycles. The molecule has 1 aliphatic rings. The molecule has 0 bridgehead atoms. The van der Waals surface area contributed by atoms with Crippen molar-refractivity contribution in [3.05, 3.63) is 0 Å². The number of hydrogen-bond donors (Lipinski definition) is 3. The average Bonchev–Trinajstić information content (AvgIpc) is 2.03. The molecule has 0 aromatic carbocycles. The van der Waals surface area contributed by atoms with Crippen molar-refractivity contribution in [2.75, 3.05) is 6.61 Å². The molecule has 78 valence electrons. The van der Waals surface area contributed by atoms with Crippen LogP contribution in [0.2, 0.25) is 0 Å². The van der Waals surface area contributed by atoms with E-state index in [1.54, 1.807) is 0 Å². The zero-order valence-electron chi connectivity index (χ0n) is 8.53. The molecule has 13 heavy (non-hydrogen) atoms. The monoisotopic (exact) mass is 187 g/mol. The molecule has 1 fully saturated rings. The molecule has 1 saturated carbocycles. The third-order valence-electron chi connectivity index (χ3n) is 3.26. The third kappa shape index (κ3) is 2.42. The van der Waals surface area contributed by atoms with Gasteiger partial charge in [0.15, 0.2) is 0 Å². The van der Waals surface area contributed by atoms with E-state index in [9.17, 15) is 5.11 Å².